The monoisotopic (exact) mass is 195 g/mol. The maximum atomic E-state index is 12.1. The van der Waals surface area contributed by atoms with Gasteiger partial charge in [-0.15, -0.1) is 0 Å². The highest BCUT2D eigenvalue weighted by Crippen LogP contribution is 2.23. The Morgan fingerprint density at radius 2 is 1.69 bits per heavy atom. The molecule has 1 unspecified atom stereocenters. The van der Waals surface area contributed by atoms with Crippen molar-refractivity contribution in [1.82, 2.24) is 5.32 Å². The van der Waals surface area contributed by atoms with E-state index < -0.39 is 12.2 Å². The molecular weight excluding hydrogens is 179 g/mol. The van der Waals surface area contributed by atoms with E-state index in [1.807, 2.05) is 0 Å². The standard InChI is InChI=1S/C9H16F3N/c1-7(9(10,11)12)13-8-5-3-2-4-6-8/h7-8,13H,2-6H2,1H3. The number of hydrogen-bond acceptors (Lipinski definition) is 1. The predicted molar refractivity (Wildman–Crippen MR) is 45.5 cm³/mol. The van der Waals surface area contributed by atoms with Crippen LogP contribution < -0.4 is 5.32 Å². The molecule has 1 atom stereocenters. The van der Waals surface area contributed by atoms with Gasteiger partial charge < -0.3 is 5.32 Å². The fourth-order valence-corrected chi connectivity index (χ4v) is 1.72. The van der Waals surface area contributed by atoms with Gasteiger partial charge in [0.25, 0.3) is 0 Å². The lowest BCUT2D eigenvalue weighted by Crippen LogP contribution is -2.45. The third-order valence-corrected chi connectivity index (χ3v) is 2.58. The van der Waals surface area contributed by atoms with Crippen LogP contribution in [0.1, 0.15) is 39.0 Å². The molecule has 0 heterocycles. The molecule has 0 radical (unpaired) electrons. The normalized spacial score (nSPS) is 23.1. The van der Waals surface area contributed by atoms with Gasteiger partial charge in [-0.2, -0.15) is 13.2 Å². The van der Waals surface area contributed by atoms with Crippen molar-refractivity contribution >= 4 is 0 Å². The Hall–Kier alpha value is -0.250. The van der Waals surface area contributed by atoms with Crippen molar-refractivity contribution in [2.45, 2.75) is 57.3 Å². The lowest BCUT2D eigenvalue weighted by Gasteiger charge is -2.27. The van der Waals surface area contributed by atoms with Crippen LogP contribution in [-0.2, 0) is 0 Å². The summed E-state index contributed by atoms with van der Waals surface area (Å²) in [5.41, 5.74) is 0. The first-order valence-electron chi connectivity index (χ1n) is 4.83. The van der Waals surface area contributed by atoms with E-state index in [9.17, 15) is 13.2 Å². The van der Waals surface area contributed by atoms with Crippen molar-refractivity contribution in [1.29, 1.82) is 0 Å². The molecule has 4 heteroatoms. The number of halogens is 3. The summed E-state index contributed by atoms with van der Waals surface area (Å²) in [6.07, 6.45) is 0.960. The van der Waals surface area contributed by atoms with E-state index in [-0.39, 0.29) is 6.04 Å². The molecule has 78 valence electrons. The molecule has 1 rings (SSSR count). The van der Waals surface area contributed by atoms with Crippen molar-refractivity contribution in [3.8, 4) is 0 Å². The Labute approximate surface area is 76.7 Å². The highest BCUT2D eigenvalue weighted by Gasteiger charge is 2.37. The predicted octanol–water partition coefficient (Wildman–Crippen LogP) is 2.86. The molecule has 0 amide bonds. The van der Waals surface area contributed by atoms with Crippen molar-refractivity contribution in [2.24, 2.45) is 0 Å². The first-order valence-corrected chi connectivity index (χ1v) is 4.83. The van der Waals surface area contributed by atoms with Crippen molar-refractivity contribution in [2.75, 3.05) is 0 Å². The van der Waals surface area contributed by atoms with Crippen LogP contribution in [0.3, 0.4) is 0 Å². The van der Waals surface area contributed by atoms with Gasteiger partial charge >= 0.3 is 6.18 Å². The maximum Gasteiger partial charge on any atom is 0.403 e. The van der Waals surface area contributed by atoms with Gasteiger partial charge in [0.05, 0.1) is 0 Å². The highest BCUT2D eigenvalue weighted by molar-refractivity contribution is 4.78. The molecule has 0 spiro atoms. The van der Waals surface area contributed by atoms with Gasteiger partial charge in [-0.1, -0.05) is 19.3 Å². The minimum absolute atomic E-state index is 0.0744. The Morgan fingerprint density at radius 1 is 1.15 bits per heavy atom. The molecule has 1 nitrogen and oxygen atoms in total. The zero-order chi connectivity index (χ0) is 9.90. The molecule has 1 fully saturated rings. The van der Waals surface area contributed by atoms with Crippen LogP contribution in [0.4, 0.5) is 13.2 Å². The lowest BCUT2D eigenvalue weighted by atomic mass is 9.95. The minimum Gasteiger partial charge on any atom is -0.304 e. The van der Waals surface area contributed by atoms with Crippen LogP contribution in [-0.4, -0.2) is 18.3 Å². The number of alkyl halides is 3. The molecule has 0 aromatic heterocycles. The molecule has 0 aromatic rings. The first kappa shape index (κ1) is 10.8. The summed E-state index contributed by atoms with van der Waals surface area (Å²) in [6.45, 7) is 1.19. The molecule has 1 saturated carbocycles. The quantitative estimate of drug-likeness (QED) is 0.714. The first-order chi connectivity index (χ1) is 6.00. The van der Waals surface area contributed by atoms with E-state index in [2.05, 4.69) is 5.32 Å². The van der Waals surface area contributed by atoms with E-state index in [4.69, 9.17) is 0 Å². The smallest absolute Gasteiger partial charge is 0.304 e. The summed E-state index contributed by atoms with van der Waals surface area (Å²) in [7, 11) is 0. The summed E-state index contributed by atoms with van der Waals surface area (Å²) in [4.78, 5) is 0. The molecule has 0 aliphatic heterocycles. The lowest BCUT2D eigenvalue weighted by molar-refractivity contribution is -0.153. The van der Waals surface area contributed by atoms with Gasteiger partial charge in [-0.3, -0.25) is 0 Å². The number of rotatable bonds is 2. The van der Waals surface area contributed by atoms with Crippen LogP contribution in [0, 0.1) is 0 Å². The summed E-state index contributed by atoms with van der Waals surface area (Å²) < 4.78 is 36.4. The molecule has 1 aliphatic rings. The van der Waals surface area contributed by atoms with Crippen molar-refractivity contribution in [3.63, 3.8) is 0 Å². The van der Waals surface area contributed by atoms with Crippen molar-refractivity contribution in [3.05, 3.63) is 0 Å². The van der Waals surface area contributed by atoms with Gasteiger partial charge in [-0.25, -0.2) is 0 Å². The van der Waals surface area contributed by atoms with Gasteiger partial charge in [0, 0.05) is 6.04 Å². The zero-order valence-corrected chi connectivity index (χ0v) is 7.82. The molecule has 0 saturated heterocycles. The summed E-state index contributed by atoms with van der Waals surface area (Å²) >= 11 is 0. The number of hydrogen-bond donors (Lipinski definition) is 1. The van der Waals surface area contributed by atoms with Gasteiger partial charge in [-0.05, 0) is 19.8 Å². The van der Waals surface area contributed by atoms with Crippen LogP contribution in [0.25, 0.3) is 0 Å². The second-order valence-electron chi connectivity index (χ2n) is 3.76. The largest absolute Gasteiger partial charge is 0.403 e. The molecule has 1 N–H and O–H groups in total. The average molecular weight is 195 g/mol. The average Bonchev–Trinajstić information content (AvgIpc) is 2.04. The maximum absolute atomic E-state index is 12.1. The molecule has 13 heavy (non-hydrogen) atoms. The molecule has 0 aromatic carbocycles. The summed E-state index contributed by atoms with van der Waals surface area (Å²) in [5, 5.41) is 2.63. The third kappa shape index (κ3) is 3.55. The van der Waals surface area contributed by atoms with E-state index in [1.54, 1.807) is 0 Å². The molecular formula is C9H16F3N. The fraction of sp³-hybridized carbons (Fsp3) is 1.00. The van der Waals surface area contributed by atoms with Gasteiger partial charge in [0.2, 0.25) is 0 Å². The fourth-order valence-electron chi connectivity index (χ4n) is 1.72. The zero-order valence-electron chi connectivity index (χ0n) is 7.82. The Kier molecular flexibility index (Phi) is 3.59. The van der Waals surface area contributed by atoms with E-state index in [0.717, 1.165) is 25.7 Å². The van der Waals surface area contributed by atoms with Crippen LogP contribution in [0.15, 0.2) is 0 Å². The third-order valence-electron chi connectivity index (χ3n) is 2.58. The van der Waals surface area contributed by atoms with Gasteiger partial charge in [0.1, 0.15) is 6.04 Å². The summed E-state index contributed by atoms with van der Waals surface area (Å²) in [6, 6.07) is -1.29. The molecule has 0 bridgehead atoms. The second kappa shape index (κ2) is 4.31. The van der Waals surface area contributed by atoms with Crippen LogP contribution in [0.5, 0.6) is 0 Å². The summed E-state index contributed by atoms with van der Waals surface area (Å²) in [5.74, 6) is 0. The highest BCUT2D eigenvalue weighted by atomic mass is 19.4. The van der Waals surface area contributed by atoms with E-state index in [0.29, 0.717) is 0 Å². The van der Waals surface area contributed by atoms with Crippen LogP contribution >= 0.6 is 0 Å². The van der Waals surface area contributed by atoms with Crippen LogP contribution in [0.2, 0.25) is 0 Å². The Morgan fingerprint density at radius 3 is 2.15 bits per heavy atom. The Balaban J connectivity index is 2.30. The van der Waals surface area contributed by atoms with Gasteiger partial charge in [0.15, 0.2) is 0 Å². The minimum atomic E-state index is -4.10. The SMILES string of the molecule is CC(NC1CCCCC1)C(F)(F)F. The second-order valence-corrected chi connectivity index (χ2v) is 3.76. The topological polar surface area (TPSA) is 12.0 Å². The van der Waals surface area contributed by atoms with Crippen molar-refractivity contribution < 1.29 is 13.2 Å². The molecule has 1 aliphatic carbocycles. The Bertz CT molecular complexity index is 149. The number of nitrogens with one attached hydrogen (secondary N) is 1. The van der Waals surface area contributed by atoms with E-state index >= 15 is 0 Å². The van der Waals surface area contributed by atoms with E-state index in [1.165, 1.54) is 13.3 Å².